The first-order valence-corrected chi connectivity index (χ1v) is 17.7. The Hall–Kier alpha value is -3.10. The highest BCUT2D eigenvalue weighted by molar-refractivity contribution is 7.85. The topological polar surface area (TPSA) is 49.0 Å². The molecule has 1 N–H and O–H groups in total. The van der Waals surface area contributed by atoms with Crippen LogP contribution in [0.4, 0.5) is 0 Å². The number of hydrogen-bond acceptors (Lipinski definition) is 5. The fourth-order valence-corrected chi connectivity index (χ4v) is 9.71. The summed E-state index contributed by atoms with van der Waals surface area (Å²) in [6.07, 6.45) is 0.340. The van der Waals surface area contributed by atoms with Crippen molar-refractivity contribution in [2.45, 2.75) is 79.8 Å². The van der Waals surface area contributed by atoms with Gasteiger partial charge in [-0.1, -0.05) is 48.5 Å². The number of hydrogen-bond donors (Lipinski definition) is 1. The summed E-state index contributed by atoms with van der Waals surface area (Å²) < 4.78 is 24.5. The van der Waals surface area contributed by atoms with Crippen molar-refractivity contribution in [1.29, 1.82) is 0 Å². The number of benzene rings is 4. The average Bonchev–Trinajstić information content (AvgIpc) is 2.93. The van der Waals surface area contributed by atoms with Crippen LogP contribution < -0.4 is 45.0 Å². The molecule has 0 aliphatic carbocycles. The monoisotopic (exact) mass is 617 g/mol. The highest BCUT2D eigenvalue weighted by Crippen LogP contribution is 2.44. The van der Waals surface area contributed by atoms with Crippen LogP contribution in [0.3, 0.4) is 0 Å². The van der Waals surface area contributed by atoms with Gasteiger partial charge in [0.25, 0.3) is 0 Å². The normalized spacial score (nSPS) is 11.7. The molecule has 43 heavy (non-hydrogen) atoms. The summed E-state index contributed by atoms with van der Waals surface area (Å²) in [5.74, 6) is 3.45. The Kier molecular flexibility index (Phi) is 11.9. The molecule has 4 aromatic carbocycles. The second-order valence-electron chi connectivity index (χ2n) is 11.4. The van der Waals surface area contributed by atoms with Crippen molar-refractivity contribution < 1.29 is 18.9 Å². The van der Waals surface area contributed by atoms with Crippen molar-refractivity contribution in [2.75, 3.05) is 0 Å². The van der Waals surface area contributed by atoms with E-state index in [0.29, 0.717) is 0 Å². The maximum atomic E-state index is 6.13. The van der Waals surface area contributed by atoms with Crippen LogP contribution >= 0.6 is 16.1 Å². The predicted molar refractivity (Wildman–Crippen MR) is 184 cm³/mol. The van der Waals surface area contributed by atoms with E-state index in [-0.39, 0.29) is 24.4 Å². The summed E-state index contributed by atoms with van der Waals surface area (Å²) in [4.78, 5) is 4.15. The van der Waals surface area contributed by atoms with E-state index in [0.717, 1.165) is 23.0 Å². The minimum Gasteiger partial charge on any atom is -0.491 e. The van der Waals surface area contributed by atoms with Crippen LogP contribution in [0.15, 0.2) is 97.1 Å². The average molecular weight is 618 g/mol. The third kappa shape index (κ3) is 9.97. The molecule has 7 heteroatoms. The van der Waals surface area contributed by atoms with Crippen molar-refractivity contribution in [3.05, 3.63) is 97.1 Å². The Bertz CT molecular complexity index is 1240. The molecule has 0 unspecified atom stereocenters. The van der Waals surface area contributed by atoms with Gasteiger partial charge in [-0.3, -0.25) is 4.86 Å². The maximum absolute atomic E-state index is 6.13. The Morgan fingerprint density at radius 2 is 0.628 bits per heavy atom. The molecule has 0 amide bonds. The smallest absolute Gasteiger partial charge is 0.120 e. The van der Waals surface area contributed by atoms with Gasteiger partial charge in [-0.25, -0.2) is 0 Å². The van der Waals surface area contributed by atoms with Crippen LogP contribution in [0.25, 0.3) is 0 Å². The summed E-state index contributed by atoms with van der Waals surface area (Å²) >= 11 is 0. The number of rotatable bonds is 14. The molecule has 0 fully saturated rings. The quantitative estimate of drug-likeness (QED) is 0.146. The van der Waals surface area contributed by atoms with Gasteiger partial charge in [0.1, 0.15) is 23.0 Å². The lowest BCUT2D eigenvalue weighted by Gasteiger charge is -2.29. The fraction of sp³-hybridized carbons (Fsp3) is 0.333. The first-order valence-electron chi connectivity index (χ1n) is 15.0. The summed E-state index contributed by atoms with van der Waals surface area (Å²) in [6.45, 7) is 16.4. The lowest BCUT2D eigenvalue weighted by Crippen LogP contribution is -2.28. The van der Waals surface area contributed by atoms with Crippen molar-refractivity contribution in [3.8, 4) is 23.0 Å². The Labute approximate surface area is 260 Å². The Morgan fingerprint density at radius 1 is 0.395 bits per heavy atom. The van der Waals surface area contributed by atoms with E-state index in [4.69, 9.17) is 18.9 Å². The molecular formula is C36H45NO4P2. The first kappa shape index (κ1) is 32.8. The highest BCUT2D eigenvalue weighted by Gasteiger charge is 2.24. The maximum Gasteiger partial charge on any atom is 0.120 e. The van der Waals surface area contributed by atoms with Crippen molar-refractivity contribution >= 4 is 37.4 Å². The van der Waals surface area contributed by atoms with Gasteiger partial charge in [-0.05, 0) is 125 Å². The van der Waals surface area contributed by atoms with Crippen LogP contribution in [-0.4, -0.2) is 24.4 Å². The molecule has 0 heterocycles. The lowest BCUT2D eigenvalue weighted by atomic mass is 10.3. The van der Waals surface area contributed by atoms with Crippen LogP contribution in [0, 0.1) is 0 Å². The highest BCUT2D eigenvalue weighted by atomic mass is 31.2. The van der Waals surface area contributed by atoms with E-state index in [1.54, 1.807) is 0 Å². The van der Waals surface area contributed by atoms with Crippen molar-refractivity contribution in [3.63, 3.8) is 0 Å². The Balaban J connectivity index is 1.85. The number of nitrogens with one attached hydrogen (secondary N) is 1. The zero-order valence-corrected chi connectivity index (χ0v) is 28.4. The molecule has 0 radical (unpaired) electrons. The van der Waals surface area contributed by atoms with Crippen molar-refractivity contribution in [2.24, 2.45) is 0 Å². The zero-order chi connectivity index (χ0) is 30.9. The molecule has 0 spiro atoms. The van der Waals surface area contributed by atoms with E-state index >= 15 is 0 Å². The third-order valence-electron chi connectivity index (χ3n) is 5.99. The van der Waals surface area contributed by atoms with Gasteiger partial charge in [0.15, 0.2) is 0 Å². The van der Waals surface area contributed by atoms with Crippen LogP contribution in [0.5, 0.6) is 23.0 Å². The van der Waals surface area contributed by atoms with E-state index in [9.17, 15) is 0 Å². The standard InChI is InChI=1S/C36H45NO4P2/c1-25(2)38-29-13-9-17-33(21-29)42(34-18-10-14-30(22-34)39-26(3)4)37-43(35-19-11-15-31(23-35)40-27(5)6)36-20-12-16-32(24-36)41-28(7)8/h9-28,37H,1-8H3. The summed E-state index contributed by atoms with van der Waals surface area (Å²) in [5, 5.41) is 4.69. The van der Waals surface area contributed by atoms with Gasteiger partial charge in [-0.15, -0.1) is 0 Å². The van der Waals surface area contributed by atoms with Gasteiger partial charge in [0.2, 0.25) is 0 Å². The Morgan fingerprint density at radius 3 is 0.837 bits per heavy atom. The molecule has 0 aliphatic heterocycles. The van der Waals surface area contributed by atoms with E-state index in [1.165, 1.54) is 21.2 Å². The molecule has 4 rings (SSSR count). The molecule has 0 atom stereocenters. The largest absolute Gasteiger partial charge is 0.491 e. The summed E-state index contributed by atoms with van der Waals surface area (Å²) in [6, 6.07) is 33.8. The molecule has 0 aromatic heterocycles. The molecular weight excluding hydrogens is 572 g/mol. The van der Waals surface area contributed by atoms with Crippen LogP contribution in [0.2, 0.25) is 0 Å². The predicted octanol–water partition coefficient (Wildman–Crippen LogP) is 7.82. The molecule has 0 bridgehead atoms. The van der Waals surface area contributed by atoms with E-state index in [1.807, 2.05) is 24.3 Å². The van der Waals surface area contributed by atoms with Crippen LogP contribution in [-0.2, 0) is 0 Å². The summed E-state index contributed by atoms with van der Waals surface area (Å²) in [5.41, 5.74) is 0. The molecule has 0 saturated carbocycles. The van der Waals surface area contributed by atoms with Crippen LogP contribution in [0.1, 0.15) is 55.4 Å². The molecule has 4 aromatic rings. The van der Waals surface area contributed by atoms with Gasteiger partial charge in [-0.2, -0.15) is 0 Å². The summed E-state index contributed by atoms with van der Waals surface area (Å²) in [7, 11) is -2.07. The second kappa shape index (κ2) is 15.6. The molecule has 228 valence electrons. The number of ether oxygens (including phenoxy) is 4. The fourth-order valence-electron chi connectivity index (χ4n) is 4.50. The minimum atomic E-state index is -1.04. The molecule has 0 saturated heterocycles. The van der Waals surface area contributed by atoms with Gasteiger partial charge in [0.05, 0.1) is 24.4 Å². The second-order valence-corrected chi connectivity index (χ2v) is 15.6. The third-order valence-corrected chi connectivity index (χ3v) is 10.8. The van der Waals surface area contributed by atoms with Gasteiger partial charge in [0, 0.05) is 16.1 Å². The SMILES string of the molecule is CC(C)Oc1cccc(P(NP(c2cccc(OC(C)C)c2)c2cccc(OC(C)C)c2)c2cccc(OC(C)C)c2)c1. The first-order chi connectivity index (χ1) is 20.6. The van der Waals surface area contributed by atoms with E-state index < -0.39 is 16.1 Å². The van der Waals surface area contributed by atoms with Crippen molar-refractivity contribution in [1.82, 2.24) is 4.86 Å². The lowest BCUT2D eigenvalue weighted by molar-refractivity contribution is 0.242. The van der Waals surface area contributed by atoms with Gasteiger partial charge < -0.3 is 18.9 Å². The molecule has 0 aliphatic rings. The van der Waals surface area contributed by atoms with E-state index in [2.05, 4.69) is 133 Å². The van der Waals surface area contributed by atoms with Gasteiger partial charge >= 0.3 is 0 Å². The minimum absolute atomic E-state index is 0.0849. The zero-order valence-electron chi connectivity index (χ0n) is 26.6. The molecule has 5 nitrogen and oxygen atoms in total.